The Morgan fingerprint density at radius 2 is 1.95 bits per heavy atom. The van der Waals surface area contributed by atoms with E-state index in [0.717, 1.165) is 0 Å². The van der Waals surface area contributed by atoms with Crippen molar-refractivity contribution in [1.82, 2.24) is 19.5 Å². The van der Waals surface area contributed by atoms with Gasteiger partial charge in [-0.25, -0.2) is 0 Å². The van der Waals surface area contributed by atoms with Crippen LogP contribution in [0.2, 0.25) is 0 Å². The first kappa shape index (κ1) is 15.3. The Morgan fingerprint density at radius 3 is 2.67 bits per heavy atom. The summed E-state index contributed by atoms with van der Waals surface area (Å²) in [4.78, 5) is 12.7. The second-order valence-corrected chi connectivity index (χ2v) is 4.49. The van der Waals surface area contributed by atoms with Crippen molar-refractivity contribution in [1.29, 1.82) is 0 Å². The van der Waals surface area contributed by atoms with Crippen molar-refractivity contribution >= 4 is 22.9 Å². The van der Waals surface area contributed by atoms with E-state index in [1.807, 2.05) is 0 Å². The number of nitrogens with two attached hydrogens (primary N) is 1. The number of hydrogen-bond acceptors (Lipinski definition) is 8. The Hall–Kier alpha value is -2.13. The molecule has 0 aliphatic rings. The monoisotopic (exact) mass is 296 g/mol. The zero-order valence-electron chi connectivity index (χ0n) is 11.9. The van der Waals surface area contributed by atoms with Crippen LogP contribution < -0.4 is 15.8 Å². The smallest absolute Gasteiger partial charge is 0.298 e. The van der Waals surface area contributed by atoms with E-state index in [2.05, 4.69) is 20.3 Å². The summed E-state index contributed by atoms with van der Waals surface area (Å²) in [5.74, 6) is 0.650. The van der Waals surface area contributed by atoms with Crippen LogP contribution in [0.1, 0.15) is 12.8 Å². The Bertz CT molecular complexity index is 600. The highest BCUT2D eigenvalue weighted by atomic mass is 16.5. The van der Waals surface area contributed by atoms with Crippen molar-refractivity contribution < 1.29 is 14.9 Å². The predicted octanol–water partition coefficient (Wildman–Crippen LogP) is -0.499. The van der Waals surface area contributed by atoms with Crippen molar-refractivity contribution in [3.63, 3.8) is 0 Å². The van der Waals surface area contributed by atoms with Crippen molar-refractivity contribution in [3.8, 4) is 6.01 Å². The number of aromatic nitrogens is 4. The maximum absolute atomic E-state index is 8.77. The van der Waals surface area contributed by atoms with E-state index >= 15 is 0 Å². The molecule has 21 heavy (non-hydrogen) atoms. The Kier molecular flexibility index (Phi) is 5.12. The van der Waals surface area contributed by atoms with Crippen LogP contribution in [0.4, 0.5) is 11.8 Å². The van der Waals surface area contributed by atoms with E-state index < -0.39 is 0 Å². The summed E-state index contributed by atoms with van der Waals surface area (Å²) in [7, 11) is 1.77. The normalized spacial score (nSPS) is 11.0. The van der Waals surface area contributed by atoms with Gasteiger partial charge < -0.3 is 26.0 Å². The lowest BCUT2D eigenvalue weighted by molar-refractivity contribution is 0.221. The summed E-state index contributed by atoms with van der Waals surface area (Å²) >= 11 is 0. The largest absolute Gasteiger partial charge is 0.465 e. The molecule has 0 saturated carbocycles. The number of ether oxygens (including phenoxy) is 1. The average Bonchev–Trinajstić information content (AvgIpc) is 2.78. The van der Waals surface area contributed by atoms with Crippen LogP contribution in [0.5, 0.6) is 6.01 Å². The van der Waals surface area contributed by atoms with E-state index in [0.29, 0.717) is 49.1 Å². The first-order valence-corrected chi connectivity index (χ1v) is 6.75. The Labute approximate surface area is 121 Å². The molecule has 116 valence electrons. The summed E-state index contributed by atoms with van der Waals surface area (Å²) < 4.78 is 7.15. The number of rotatable bonds is 8. The summed E-state index contributed by atoms with van der Waals surface area (Å²) in [5, 5.41) is 20.5. The van der Waals surface area contributed by atoms with Crippen LogP contribution in [0.3, 0.4) is 0 Å². The third kappa shape index (κ3) is 3.50. The van der Waals surface area contributed by atoms with E-state index in [4.69, 9.17) is 20.7 Å². The zero-order valence-corrected chi connectivity index (χ0v) is 11.9. The molecule has 0 radical (unpaired) electrons. The Morgan fingerprint density at radius 1 is 1.19 bits per heavy atom. The van der Waals surface area contributed by atoms with Gasteiger partial charge in [0, 0.05) is 33.2 Å². The molecule has 2 aromatic heterocycles. The van der Waals surface area contributed by atoms with Crippen molar-refractivity contribution in [3.05, 3.63) is 0 Å². The molecule has 0 fully saturated rings. The summed E-state index contributed by atoms with van der Waals surface area (Å²) in [6, 6.07) is 0.381. The average molecular weight is 296 g/mol. The van der Waals surface area contributed by atoms with Gasteiger partial charge >= 0.3 is 0 Å². The Balaban J connectivity index is 2.23. The second-order valence-electron chi connectivity index (χ2n) is 4.49. The molecule has 0 aliphatic heterocycles. The van der Waals surface area contributed by atoms with E-state index in [-0.39, 0.29) is 19.0 Å². The lowest BCUT2D eigenvalue weighted by Gasteiger charge is -2.05. The number of aliphatic hydroxyl groups excluding tert-OH is 2. The van der Waals surface area contributed by atoms with E-state index in [1.165, 1.54) is 0 Å². The van der Waals surface area contributed by atoms with E-state index in [1.54, 1.807) is 11.6 Å². The molecule has 0 amide bonds. The second kappa shape index (κ2) is 7.04. The molecule has 2 aromatic rings. The molecule has 0 unspecified atom stereocenters. The number of nitrogens with one attached hydrogen (secondary N) is 1. The topological polar surface area (TPSA) is 131 Å². The molecule has 9 nitrogen and oxygen atoms in total. The fourth-order valence-corrected chi connectivity index (χ4v) is 1.78. The maximum Gasteiger partial charge on any atom is 0.298 e. The van der Waals surface area contributed by atoms with Gasteiger partial charge in [0.05, 0.1) is 6.61 Å². The van der Waals surface area contributed by atoms with E-state index in [9.17, 15) is 0 Å². The van der Waals surface area contributed by atoms with Gasteiger partial charge in [-0.15, -0.1) is 0 Å². The molecule has 0 aliphatic carbocycles. The number of aryl methyl sites for hydroxylation is 1. The van der Waals surface area contributed by atoms with Gasteiger partial charge in [-0.3, -0.25) is 4.57 Å². The molecule has 0 atom stereocenters. The zero-order chi connectivity index (χ0) is 15.2. The number of aliphatic hydroxyl groups is 2. The van der Waals surface area contributed by atoms with Gasteiger partial charge in [-0.2, -0.15) is 15.0 Å². The minimum Gasteiger partial charge on any atom is -0.465 e. The molecular weight excluding hydrogens is 276 g/mol. The van der Waals surface area contributed by atoms with Gasteiger partial charge in [0.2, 0.25) is 5.95 Å². The van der Waals surface area contributed by atoms with Gasteiger partial charge in [0.25, 0.3) is 6.01 Å². The fraction of sp³-hybridized carbons (Fsp3) is 0.583. The van der Waals surface area contributed by atoms with Crippen LogP contribution in [0.25, 0.3) is 11.2 Å². The first-order chi connectivity index (χ1) is 10.2. The maximum atomic E-state index is 8.77. The van der Waals surface area contributed by atoms with Crippen LogP contribution in [0, 0.1) is 0 Å². The molecule has 0 spiro atoms. The molecule has 2 heterocycles. The first-order valence-electron chi connectivity index (χ1n) is 6.75. The number of imidazole rings is 1. The quantitative estimate of drug-likeness (QED) is 0.479. The predicted molar refractivity (Wildman–Crippen MR) is 78.1 cm³/mol. The third-order valence-electron chi connectivity index (χ3n) is 2.86. The van der Waals surface area contributed by atoms with Crippen molar-refractivity contribution in [2.45, 2.75) is 12.8 Å². The number of nitrogens with zero attached hydrogens (tertiary/aromatic N) is 4. The molecule has 9 heteroatoms. The van der Waals surface area contributed by atoms with Crippen LogP contribution in [0.15, 0.2) is 0 Å². The number of fused-ring (bicyclic) bond motifs is 1. The minimum absolute atomic E-state index is 0.0603. The van der Waals surface area contributed by atoms with Crippen molar-refractivity contribution in [2.24, 2.45) is 7.05 Å². The molecule has 0 bridgehead atoms. The molecule has 2 rings (SSSR count). The van der Waals surface area contributed by atoms with Crippen molar-refractivity contribution in [2.75, 3.05) is 37.4 Å². The van der Waals surface area contributed by atoms with Crippen LogP contribution >= 0.6 is 0 Å². The molecular formula is C12H20N6O3. The molecule has 0 saturated heterocycles. The minimum atomic E-state index is 0.0603. The highest BCUT2D eigenvalue weighted by molar-refractivity contribution is 5.83. The van der Waals surface area contributed by atoms with Crippen LogP contribution in [-0.2, 0) is 7.05 Å². The van der Waals surface area contributed by atoms with Gasteiger partial charge in [0.1, 0.15) is 0 Å². The molecule has 5 N–H and O–H groups in total. The third-order valence-corrected chi connectivity index (χ3v) is 2.86. The standard InChI is InChI=1S/C12H20N6O3/c1-18-10-8(15-12(18)21-7-3-6-20)9(13)16-11(17-10)14-4-2-5-19/h19-20H,2-7H2,1H3,(H3,13,14,16,17). The number of anilines is 2. The van der Waals surface area contributed by atoms with Crippen LogP contribution in [-0.4, -0.2) is 56.1 Å². The van der Waals surface area contributed by atoms with Gasteiger partial charge in [-0.1, -0.05) is 0 Å². The summed E-state index contributed by atoms with van der Waals surface area (Å²) in [6.07, 6.45) is 1.13. The summed E-state index contributed by atoms with van der Waals surface area (Å²) in [6.45, 7) is 1.08. The highest BCUT2D eigenvalue weighted by Gasteiger charge is 2.15. The number of nitrogen functional groups attached to an aromatic ring is 1. The summed E-state index contributed by atoms with van der Waals surface area (Å²) in [5.41, 5.74) is 6.93. The highest BCUT2D eigenvalue weighted by Crippen LogP contribution is 2.23. The fourth-order valence-electron chi connectivity index (χ4n) is 1.78. The van der Waals surface area contributed by atoms with Gasteiger partial charge in [0.15, 0.2) is 17.0 Å². The SMILES string of the molecule is Cn1c(OCCCO)nc2c(N)nc(NCCCO)nc21. The van der Waals surface area contributed by atoms with Gasteiger partial charge in [-0.05, 0) is 6.42 Å². The molecule has 0 aromatic carbocycles. The lowest BCUT2D eigenvalue weighted by atomic mass is 10.4. The number of hydrogen-bond donors (Lipinski definition) is 4. The lowest BCUT2D eigenvalue weighted by Crippen LogP contribution is -2.09.